The lowest BCUT2D eigenvalue weighted by Crippen LogP contribution is -2.15. The monoisotopic (exact) mass is 335 g/mol. The van der Waals surface area contributed by atoms with Gasteiger partial charge >= 0.3 is 0 Å². The molecule has 3 N–H and O–H groups in total. The number of benzene rings is 1. The number of nitrogens with two attached hydrogens (primary N) is 1. The van der Waals surface area contributed by atoms with Crippen LogP contribution in [0.1, 0.15) is 16.7 Å². The van der Waals surface area contributed by atoms with E-state index in [0.29, 0.717) is 10.8 Å². The second-order valence-electron chi connectivity index (χ2n) is 4.28. The quantitative estimate of drug-likeness (QED) is 0.836. The molecule has 5 heteroatoms. The van der Waals surface area contributed by atoms with Crippen molar-refractivity contribution in [2.24, 2.45) is 5.73 Å². The van der Waals surface area contributed by atoms with E-state index in [1.807, 2.05) is 38.1 Å². The Hall–Kier alpha value is -1.46. The Bertz CT molecular complexity index is 641. The summed E-state index contributed by atoms with van der Waals surface area (Å²) < 4.78 is 1.01. The molecule has 0 aliphatic heterocycles. The van der Waals surface area contributed by atoms with Gasteiger partial charge < -0.3 is 11.1 Å². The topological polar surface area (TPSA) is 50.9 Å². The first-order chi connectivity index (χ1) is 9.00. The van der Waals surface area contributed by atoms with Crippen LogP contribution in [0.3, 0.4) is 0 Å². The van der Waals surface area contributed by atoms with Crippen LogP contribution in [0.15, 0.2) is 34.9 Å². The Balaban J connectivity index is 2.47. The number of hydrogen-bond acceptors (Lipinski definition) is 3. The first-order valence-electron chi connectivity index (χ1n) is 5.78. The van der Waals surface area contributed by atoms with E-state index in [4.69, 9.17) is 18.0 Å². The standard InChI is InChI=1S/C14H14BrN3S/c1-8-6-7-17-14(11(8)13(16)19)18-10-5-3-4-9(2)12(10)15/h3-7H,1-2H3,(H2,16,19)(H,17,18). The van der Waals surface area contributed by atoms with Crippen LogP contribution < -0.4 is 11.1 Å². The SMILES string of the molecule is Cc1cccc(Nc2nccc(C)c2C(N)=S)c1Br. The van der Waals surface area contributed by atoms with Crippen molar-refractivity contribution in [1.82, 2.24) is 4.98 Å². The maximum absolute atomic E-state index is 5.78. The minimum atomic E-state index is 0.344. The number of anilines is 2. The molecule has 1 aromatic heterocycles. The molecule has 0 saturated carbocycles. The molecule has 2 rings (SSSR count). The van der Waals surface area contributed by atoms with E-state index in [0.717, 1.165) is 26.9 Å². The van der Waals surface area contributed by atoms with Gasteiger partial charge in [-0.1, -0.05) is 24.4 Å². The third-order valence-corrected chi connectivity index (χ3v) is 4.11. The molecule has 2 aromatic rings. The van der Waals surface area contributed by atoms with Crippen LogP contribution in [-0.2, 0) is 0 Å². The highest BCUT2D eigenvalue weighted by Gasteiger charge is 2.11. The fraction of sp³-hybridized carbons (Fsp3) is 0.143. The molecule has 0 radical (unpaired) electrons. The number of rotatable bonds is 3. The van der Waals surface area contributed by atoms with E-state index >= 15 is 0 Å². The summed E-state index contributed by atoms with van der Waals surface area (Å²) in [4.78, 5) is 4.67. The molecule has 0 aliphatic carbocycles. The first-order valence-corrected chi connectivity index (χ1v) is 6.98. The Morgan fingerprint density at radius 3 is 2.68 bits per heavy atom. The average molecular weight is 336 g/mol. The van der Waals surface area contributed by atoms with Crippen LogP contribution in [0.4, 0.5) is 11.5 Å². The smallest absolute Gasteiger partial charge is 0.140 e. The van der Waals surface area contributed by atoms with Gasteiger partial charge in [-0.05, 0) is 53.0 Å². The molecule has 0 atom stereocenters. The van der Waals surface area contributed by atoms with E-state index in [1.54, 1.807) is 6.20 Å². The summed E-state index contributed by atoms with van der Waals surface area (Å²) in [5.41, 5.74) is 9.66. The van der Waals surface area contributed by atoms with Crippen molar-refractivity contribution in [3.8, 4) is 0 Å². The third kappa shape index (κ3) is 2.93. The molecule has 0 unspecified atom stereocenters. The molecule has 98 valence electrons. The van der Waals surface area contributed by atoms with Gasteiger partial charge in [0.15, 0.2) is 0 Å². The van der Waals surface area contributed by atoms with E-state index in [1.165, 1.54) is 0 Å². The highest BCUT2D eigenvalue weighted by Crippen LogP contribution is 2.29. The number of nitrogens with one attached hydrogen (secondary N) is 1. The zero-order valence-electron chi connectivity index (χ0n) is 10.7. The molecule has 1 heterocycles. The zero-order chi connectivity index (χ0) is 14.0. The maximum Gasteiger partial charge on any atom is 0.140 e. The minimum absolute atomic E-state index is 0.344. The van der Waals surface area contributed by atoms with E-state index < -0.39 is 0 Å². The Labute approximate surface area is 126 Å². The second kappa shape index (κ2) is 5.67. The highest BCUT2D eigenvalue weighted by atomic mass is 79.9. The lowest BCUT2D eigenvalue weighted by atomic mass is 10.1. The summed E-state index contributed by atoms with van der Waals surface area (Å²) in [5.74, 6) is 0.679. The predicted octanol–water partition coefficient (Wildman–Crippen LogP) is 3.84. The van der Waals surface area contributed by atoms with Crippen molar-refractivity contribution < 1.29 is 0 Å². The number of thiocarbonyl (C=S) groups is 1. The molecule has 3 nitrogen and oxygen atoms in total. The maximum atomic E-state index is 5.78. The molecule has 0 bridgehead atoms. The zero-order valence-corrected chi connectivity index (χ0v) is 13.1. The summed E-state index contributed by atoms with van der Waals surface area (Å²) in [6.45, 7) is 4.00. The summed E-state index contributed by atoms with van der Waals surface area (Å²) in [6.07, 6.45) is 1.74. The molecular weight excluding hydrogens is 322 g/mol. The summed E-state index contributed by atoms with van der Waals surface area (Å²) in [5, 5.41) is 3.28. The number of hydrogen-bond donors (Lipinski definition) is 2. The van der Waals surface area contributed by atoms with Crippen LogP contribution in [0.2, 0.25) is 0 Å². The van der Waals surface area contributed by atoms with Gasteiger partial charge in [0.2, 0.25) is 0 Å². The van der Waals surface area contributed by atoms with E-state index in [2.05, 4.69) is 26.2 Å². The van der Waals surface area contributed by atoms with Crippen LogP contribution >= 0.6 is 28.1 Å². The van der Waals surface area contributed by atoms with Crippen LogP contribution in [0.25, 0.3) is 0 Å². The number of nitrogens with zero attached hydrogens (tertiary/aromatic N) is 1. The molecule has 0 amide bonds. The van der Waals surface area contributed by atoms with Gasteiger partial charge in [-0.3, -0.25) is 0 Å². The van der Waals surface area contributed by atoms with Crippen molar-refractivity contribution in [1.29, 1.82) is 0 Å². The molecule has 1 aromatic carbocycles. The average Bonchev–Trinajstić information content (AvgIpc) is 2.34. The van der Waals surface area contributed by atoms with Crippen LogP contribution in [0, 0.1) is 13.8 Å². The Kier molecular flexibility index (Phi) is 4.17. The van der Waals surface area contributed by atoms with Crippen molar-refractivity contribution in [3.05, 3.63) is 51.6 Å². The van der Waals surface area contributed by atoms with E-state index in [-0.39, 0.29) is 0 Å². The summed E-state index contributed by atoms with van der Waals surface area (Å²) in [6, 6.07) is 7.89. The largest absolute Gasteiger partial charge is 0.389 e. The Morgan fingerprint density at radius 1 is 1.26 bits per heavy atom. The van der Waals surface area contributed by atoms with Gasteiger partial charge in [0.1, 0.15) is 10.8 Å². The number of pyridine rings is 1. The van der Waals surface area contributed by atoms with Crippen LogP contribution in [0.5, 0.6) is 0 Å². The summed E-state index contributed by atoms with van der Waals surface area (Å²) >= 11 is 8.66. The highest BCUT2D eigenvalue weighted by molar-refractivity contribution is 9.10. The number of aryl methyl sites for hydroxylation is 2. The van der Waals surface area contributed by atoms with Crippen LogP contribution in [-0.4, -0.2) is 9.97 Å². The lowest BCUT2D eigenvalue weighted by molar-refractivity contribution is 1.25. The van der Waals surface area contributed by atoms with Gasteiger partial charge in [0.05, 0.1) is 11.3 Å². The molecule has 0 spiro atoms. The van der Waals surface area contributed by atoms with Crippen molar-refractivity contribution in [3.63, 3.8) is 0 Å². The lowest BCUT2D eigenvalue weighted by Gasteiger charge is -2.14. The van der Waals surface area contributed by atoms with Crippen molar-refractivity contribution in [2.45, 2.75) is 13.8 Å². The third-order valence-electron chi connectivity index (χ3n) is 2.85. The van der Waals surface area contributed by atoms with E-state index in [9.17, 15) is 0 Å². The number of aromatic nitrogens is 1. The fourth-order valence-electron chi connectivity index (χ4n) is 1.84. The fourth-order valence-corrected chi connectivity index (χ4v) is 2.46. The molecule has 0 aliphatic rings. The molecule has 0 saturated heterocycles. The molecule has 19 heavy (non-hydrogen) atoms. The van der Waals surface area contributed by atoms with Crippen molar-refractivity contribution in [2.75, 3.05) is 5.32 Å². The van der Waals surface area contributed by atoms with Crippen molar-refractivity contribution >= 4 is 44.6 Å². The minimum Gasteiger partial charge on any atom is -0.389 e. The second-order valence-corrected chi connectivity index (χ2v) is 5.51. The Morgan fingerprint density at radius 2 is 2.00 bits per heavy atom. The van der Waals surface area contributed by atoms with Gasteiger partial charge in [0, 0.05) is 10.7 Å². The normalized spacial score (nSPS) is 10.3. The first kappa shape index (κ1) is 14.0. The summed E-state index contributed by atoms with van der Waals surface area (Å²) in [7, 11) is 0. The van der Waals surface area contributed by atoms with Gasteiger partial charge in [0.25, 0.3) is 0 Å². The number of halogens is 1. The molecular formula is C14H14BrN3S. The van der Waals surface area contributed by atoms with Gasteiger partial charge in [-0.2, -0.15) is 0 Å². The predicted molar refractivity (Wildman–Crippen MR) is 87.0 cm³/mol. The molecule has 0 fully saturated rings. The van der Waals surface area contributed by atoms with Gasteiger partial charge in [-0.15, -0.1) is 0 Å². The van der Waals surface area contributed by atoms with Gasteiger partial charge in [-0.25, -0.2) is 4.98 Å².